The maximum Gasteiger partial charge on any atom is 0.262 e. The van der Waals surface area contributed by atoms with Gasteiger partial charge in [0.25, 0.3) is 5.91 Å². The monoisotopic (exact) mass is 358 g/mol. The number of likely N-dealkylation sites (N-methyl/N-ethyl adjacent to an activating group) is 1. The Hall–Kier alpha value is -1.81. The quantitative estimate of drug-likeness (QED) is 0.633. The minimum atomic E-state index is -0.0233. The predicted octanol–water partition coefficient (Wildman–Crippen LogP) is 4.62. The van der Waals surface area contributed by atoms with Gasteiger partial charge >= 0.3 is 0 Å². The predicted molar refractivity (Wildman–Crippen MR) is 98.2 cm³/mol. The molecular weight excluding hydrogens is 343 g/mol. The van der Waals surface area contributed by atoms with Crippen LogP contribution in [0.2, 0.25) is 10.0 Å². The second-order valence-corrected chi connectivity index (χ2v) is 7.09. The number of carbonyl (C=O) groups is 1. The molecule has 0 unspecified atom stereocenters. The van der Waals surface area contributed by atoms with Crippen molar-refractivity contribution in [2.75, 3.05) is 13.6 Å². The van der Waals surface area contributed by atoms with Crippen molar-refractivity contribution in [3.05, 3.63) is 69.3 Å². The summed E-state index contributed by atoms with van der Waals surface area (Å²) in [5.74, 6) is -0.0233. The Morgan fingerprint density at radius 3 is 2.50 bits per heavy atom. The maximum atomic E-state index is 13.1. The van der Waals surface area contributed by atoms with Gasteiger partial charge in [-0.15, -0.1) is 0 Å². The van der Waals surface area contributed by atoms with Crippen molar-refractivity contribution < 1.29 is 4.79 Å². The molecule has 2 heterocycles. The van der Waals surface area contributed by atoms with Crippen LogP contribution in [0.25, 0.3) is 10.9 Å². The molecule has 0 N–H and O–H groups in total. The highest BCUT2D eigenvalue weighted by atomic mass is 35.5. The molecule has 5 heteroatoms. The lowest BCUT2D eigenvalue weighted by molar-refractivity contribution is 0.0960. The zero-order valence-electron chi connectivity index (χ0n) is 13.2. The molecule has 4 rings (SSSR count). The fourth-order valence-corrected chi connectivity index (χ4v) is 3.72. The van der Waals surface area contributed by atoms with Crippen LogP contribution >= 0.6 is 23.2 Å². The highest BCUT2D eigenvalue weighted by Crippen LogP contribution is 2.33. The van der Waals surface area contributed by atoms with Gasteiger partial charge in [0.2, 0.25) is 0 Å². The van der Waals surface area contributed by atoms with Gasteiger partial charge in [0.1, 0.15) is 0 Å². The second-order valence-electron chi connectivity index (χ2n) is 6.22. The minimum Gasteiger partial charge on any atom is -0.302 e. The van der Waals surface area contributed by atoms with Crippen LogP contribution in [0.3, 0.4) is 0 Å². The molecule has 0 saturated heterocycles. The van der Waals surface area contributed by atoms with Gasteiger partial charge in [0, 0.05) is 46.2 Å². The summed E-state index contributed by atoms with van der Waals surface area (Å²) in [6.45, 7) is 1.76. The van der Waals surface area contributed by atoms with E-state index in [1.165, 1.54) is 5.56 Å². The Bertz CT molecular complexity index is 944. The van der Waals surface area contributed by atoms with Crippen LogP contribution in [0.4, 0.5) is 0 Å². The topological polar surface area (TPSA) is 25.2 Å². The standard InChI is InChI=1S/C19H16Cl2N2O/c1-22-9-8-18-16(11-22)15-10-14(21)6-7-17(15)23(18)19(24)12-2-4-13(20)5-3-12/h2-7,10H,8-9,11H2,1H3. The van der Waals surface area contributed by atoms with Crippen LogP contribution in [0.1, 0.15) is 21.6 Å². The highest BCUT2D eigenvalue weighted by Gasteiger charge is 2.25. The van der Waals surface area contributed by atoms with Crippen molar-refractivity contribution in [2.24, 2.45) is 0 Å². The Morgan fingerprint density at radius 1 is 1.04 bits per heavy atom. The molecule has 3 aromatic rings. The number of rotatable bonds is 1. The molecule has 1 aliphatic heterocycles. The summed E-state index contributed by atoms with van der Waals surface area (Å²) in [5.41, 5.74) is 3.83. The summed E-state index contributed by atoms with van der Waals surface area (Å²) in [4.78, 5) is 15.4. The van der Waals surface area contributed by atoms with Gasteiger partial charge < -0.3 is 4.90 Å². The third kappa shape index (κ3) is 2.53. The molecule has 24 heavy (non-hydrogen) atoms. The van der Waals surface area contributed by atoms with Gasteiger partial charge in [-0.25, -0.2) is 0 Å². The van der Waals surface area contributed by atoms with Crippen LogP contribution in [0, 0.1) is 0 Å². The van der Waals surface area contributed by atoms with E-state index >= 15 is 0 Å². The van der Waals surface area contributed by atoms with Crippen LogP contribution in [0.5, 0.6) is 0 Å². The van der Waals surface area contributed by atoms with Crippen LogP contribution < -0.4 is 0 Å². The lowest BCUT2D eigenvalue weighted by atomic mass is 10.1. The highest BCUT2D eigenvalue weighted by molar-refractivity contribution is 6.31. The zero-order chi connectivity index (χ0) is 16.8. The van der Waals surface area contributed by atoms with E-state index in [1.54, 1.807) is 24.3 Å². The molecule has 0 spiro atoms. The van der Waals surface area contributed by atoms with E-state index in [9.17, 15) is 4.79 Å². The lowest BCUT2D eigenvalue weighted by Gasteiger charge is -2.23. The number of hydrogen-bond donors (Lipinski definition) is 0. The Balaban J connectivity index is 1.95. The van der Waals surface area contributed by atoms with Gasteiger partial charge in [-0.05, 0) is 55.1 Å². The molecule has 3 nitrogen and oxygen atoms in total. The fraction of sp³-hybridized carbons (Fsp3) is 0.211. The van der Waals surface area contributed by atoms with Gasteiger partial charge in [0.15, 0.2) is 0 Å². The molecule has 1 aromatic heterocycles. The van der Waals surface area contributed by atoms with Crippen LogP contribution in [-0.2, 0) is 13.0 Å². The zero-order valence-corrected chi connectivity index (χ0v) is 14.7. The summed E-state index contributed by atoms with van der Waals surface area (Å²) in [7, 11) is 2.09. The molecule has 0 atom stereocenters. The molecule has 0 aliphatic carbocycles. The lowest BCUT2D eigenvalue weighted by Crippen LogP contribution is -2.28. The van der Waals surface area contributed by atoms with Gasteiger partial charge in [-0.1, -0.05) is 23.2 Å². The van der Waals surface area contributed by atoms with Crippen molar-refractivity contribution >= 4 is 40.0 Å². The van der Waals surface area contributed by atoms with Crippen LogP contribution in [-0.4, -0.2) is 29.0 Å². The van der Waals surface area contributed by atoms with E-state index in [0.29, 0.717) is 15.6 Å². The Kier molecular flexibility index (Phi) is 3.87. The molecule has 0 bridgehead atoms. The largest absolute Gasteiger partial charge is 0.302 e. The van der Waals surface area contributed by atoms with E-state index in [1.807, 2.05) is 22.8 Å². The van der Waals surface area contributed by atoms with E-state index in [-0.39, 0.29) is 5.91 Å². The van der Waals surface area contributed by atoms with Crippen molar-refractivity contribution in [1.29, 1.82) is 0 Å². The summed E-state index contributed by atoms with van der Waals surface area (Å²) < 4.78 is 1.84. The Labute approximate surface area is 150 Å². The van der Waals surface area contributed by atoms with Crippen LogP contribution in [0.15, 0.2) is 42.5 Å². The van der Waals surface area contributed by atoms with Crippen molar-refractivity contribution in [3.8, 4) is 0 Å². The SMILES string of the molecule is CN1CCc2c(c3cc(Cl)ccc3n2C(=O)c2ccc(Cl)cc2)C1. The maximum absolute atomic E-state index is 13.1. The molecular formula is C19H16Cl2N2O. The first-order valence-corrected chi connectivity index (χ1v) is 8.61. The second kappa shape index (κ2) is 5.92. The first kappa shape index (κ1) is 15.7. The first-order chi connectivity index (χ1) is 11.5. The average molecular weight is 359 g/mol. The van der Waals surface area contributed by atoms with E-state index in [4.69, 9.17) is 23.2 Å². The van der Waals surface area contributed by atoms with Crippen molar-refractivity contribution in [3.63, 3.8) is 0 Å². The normalized spacial score (nSPS) is 14.8. The molecule has 2 aromatic carbocycles. The number of benzene rings is 2. The number of halogens is 2. The van der Waals surface area contributed by atoms with Gasteiger partial charge in [0.05, 0.1) is 5.52 Å². The average Bonchev–Trinajstić information content (AvgIpc) is 2.88. The molecule has 122 valence electrons. The summed E-state index contributed by atoms with van der Waals surface area (Å²) in [6.07, 6.45) is 0.845. The number of hydrogen-bond acceptors (Lipinski definition) is 2. The minimum absolute atomic E-state index is 0.0233. The molecule has 0 amide bonds. The molecule has 0 fully saturated rings. The van der Waals surface area contributed by atoms with E-state index in [2.05, 4.69) is 11.9 Å². The number of nitrogens with zero attached hydrogens (tertiary/aromatic N) is 2. The summed E-state index contributed by atoms with van der Waals surface area (Å²) in [5, 5.41) is 2.38. The van der Waals surface area contributed by atoms with E-state index in [0.717, 1.165) is 36.1 Å². The van der Waals surface area contributed by atoms with E-state index < -0.39 is 0 Å². The van der Waals surface area contributed by atoms with Gasteiger partial charge in [-0.3, -0.25) is 9.36 Å². The third-order valence-electron chi connectivity index (χ3n) is 4.60. The molecule has 0 radical (unpaired) electrons. The van der Waals surface area contributed by atoms with Gasteiger partial charge in [-0.2, -0.15) is 0 Å². The first-order valence-electron chi connectivity index (χ1n) is 7.85. The summed E-state index contributed by atoms with van der Waals surface area (Å²) in [6, 6.07) is 12.8. The molecule has 0 saturated carbocycles. The Morgan fingerprint density at radius 2 is 1.75 bits per heavy atom. The number of aromatic nitrogens is 1. The van der Waals surface area contributed by atoms with Crippen molar-refractivity contribution in [2.45, 2.75) is 13.0 Å². The third-order valence-corrected chi connectivity index (χ3v) is 5.08. The summed E-state index contributed by atoms with van der Waals surface area (Å²) >= 11 is 12.1. The number of fused-ring (bicyclic) bond motifs is 3. The molecule has 1 aliphatic rings. The smallest absolute Gasteiger partial charge is 0.262 e. The number of carbonyl (C=O) groups excluding carboxylic acids is 1. The fourth-order valence-electron chi connectivity index (χ4n) is 3.42. The van der Waals surface area contributed by atoms with Crippen molar-refractivity contribution in [1.82, 2.24) is 9.47 Å².